The number of carbonyl (C=O) groups is 1. The molecule has 0 bridgehead atoms. The van der Waals surface area contributed by atoms with Crippen LogP contribution in [0.1, 0.15) is 37.6 Å². The van der Waals surface area contributed by atoms with Gasteiger partial charge in [0.05, 0.1) is 17.9 Å². The van der Waals surface area contributed by atoms with Crippen molar-refractivity contribution in [3.8, 4) is 5.75 Å². The molecule has 12 heteroatoms. The van der Waals surface area contributed by atoms with E-state index in [1.165, 1.54) is 21.1 Å². The number of halogens is 3. The fraction of sp³-hybridized carbons (Fsp3) is 0.524. The molecule has 0 spiro atoms. The fourth-order valence-corrected chi connectivity index (χ4v) is 5.64. The number of sulfonamides is 1. The number of anilines is 1. The van der Waals surface area contributed by atoms with E-state index in [0.29, 0.717) is 36.1 Å². The molecule has 1 aromatic heterocycles. The standard InChI is InChI=1S/C21H27F3N4O4S/c1-14-8-11-27(12-9-14)33(30,31)20-15(2)26-28(16(20)3)13-10-19(29)25-17-4-6-18(7-5-17)32-21(22,23)24/h4-7,14H,8-13H2,1-3H3,(H,25,29). The third kappa shape index (κ3) is 6.26. The number of nitrogens with zero attached hydrogens (tertiary/aromatic N) is 3. The van der Waals surface area contributed by atoms with Gasteiger partial charge in [-0.3, -0.25) is 9.48 Å². The van der Waals surface area contributed by atoms with Gasteiger partial charge in [-0.1, -0.05) is 6.92 Å². The van der Waals surface area contributed by atoms with Gasteiger partial charge in [0.25, 0.3) is 0 Å². The van der Waals surface area contributed by atoms with E-state index >= 15 is 0 Å². The molecule has 2 aromatic rings. The van der Waals surface area contributed by atoms with Crippen LogP contribution in [0.4, 0.5) is 18.9 Å². The van der Waals surface area contributed by atoms with Gasteiger partial charge in [0.15, 0.2) is 0 Å². The number of alkyl halides is 3. The monoisotopic (exact) mass is 488 g/mol. The zero-order valence-electron chi connectivity index (χ0n) is 18.6. The first-order valence-corrected chi connectivity index (χ1v) is 12.0. The Morgan fingerprint density at radius 1 is 1.18 bits per heavy atom. The van der Waals surface area contributed by atoms with Crippen molar-refractivity contribution in [2.45, 2.75) is 57.8 Å². The summed E-state index contributed by atoms with van der Waals surface area (Å²) in [6, 6.07) is 4.80. The lowest BCUT2D eigenvalue weighted by atomic mass is 10.0. The van der Waals surface area contributed by atoms with Gasteiger partial charge < -0.3 is 10.1 Å². The first-order chi connectivity index (χ1) is 15.4. The van der Waals surface area contributed by atoms with E-state index in [1.807, 2.05) is 0 Å². The SMILES string of the molecule is Cc1nn(CCC(=O)Nc2ccc(OC(F)(F)F)cc2)c(C)c1S(=O)(=O)N1CCC(C)CC1. The van der Waals surface area contributed by atoms with E-state index in [2.05, 4.69) is 22.1 Å². The number of benzene rings is 1. The molecule has 0 unspecified atom stereocenters. The number of piperidine rings is 1. The molecule has 0 atom stereocenters. The second-order valence-corrected chi connectivity index (χ2v) is 10.1. The van der Waals surface area contributed by atoms with Crippen LogP contribution >= 0.6 is 0 Å². The smallest absolute Gasteiger partial charge is 0.406 e. The van der Waals surface area contributed by atoms with Gasteiger partial charge in [-0.2, -0.15) is 9.40 Å². The predicted octanol–water partition coefficient (Wildman–Crippen LogP) is 3.85. The number of rotatable bonds is 7. The molecule has 182 valence electrons. The van der Waals surface area contributed by atoms with Crippen LogP contribution in [-0.4, -0.2) is 47.9 Å². The van der Waals surface area contributed by atoms with Crippen molar-refractivity contribution >= 4 is 21.6 Å². The van der Waals surface area contributed by atoms with Crippen LogP contribution in [0.3, 0.4) is 0 Å². The Balaban J connectivity index is 1.62. The number of nitrogens with one attached hydrogen (secondary N) is 1. The molecule has 3 rings (SSSR count). The number of hydrogen-bond acceptors (Lipinski definition) is 5. The quantitative estimate of drug-likeness (QED) is 0.639. The van der Waals surface area contributed by atoms with Crippen molar-refractivity contribution in [1.29, 1.82) is 0 Å². The van der Waals surface area contributed by atoms with Gasteiger partial charge in [-0.25, -0.2) is 8.42 Å². The number of aromatic nitrogens is 2. The number of hydrogen-bond donors (Lipinski definition) is 1. The fourth-order valence-electron chi connectivity index (χ4n) is 3.80. The Morgan fingerprint density at radius 3 is 2.36 bits per heavy atom. The molecule has 1 fully saturated rings. The van der Waals surface area contributed by atoms with Gasteiger partial charge in [0.2, 0.25) is 15.9 Å². The molecule has 1 aromatic carbocycles. The van der Waals surface area contributed by atoms with Crippen LogP contribution in [-0.2, 0) is 21.4 Å². The Labute approximate surface area is 190 Å². The van der Waals surface area contributed by atoms with Crippen molar-refractivity contribution in [2.24, 2.45) is 5.92 Å². The molecule has 0 radical (unpaired) electrons. The van der Waals surface area contributed by atoms with Crippen LogP contribution in [0.15, 0.2) is 29.2 Å². The highest BCUT2D eigenvalue weighted by Gasteiger charge is 2.33. The second kappa shape index (κ2) is 9.72. The Kier molecular flexibility index (Phi) is 7.37. The normalized spacial score (nSPS) is 16.1. The van der Waals surface area contributed by atoms with Crippen molar-refractivity contribution in [1.82, 2.24) is 14.1 Å². The van der Waals surface area contributed by atoms with Gasteiger partial charge in [-0.15, -0.1) is 13.2 Å². The van der Waals surface area contributed by atoms with Crippen LogP contribution in [0.25, 0.3) is 0 Å². The van der Waals surface area contributed by atoms with Crippen molar-refractivity contribution in [3.05, 3.63) is 35.7 Å². The molecule has 1 saturated heterocycles. The summed E-state index contributed by atoms with van der Waals surface area (Å²) < 4.78 is 69.8. The minimum Gasteiger partial charge on any atom is -0.406 e. The molecule has 1 N–H and O–H groups in total. The molecule has 33 heavy (non-hydrogen) atoms. The lowest BCUT2D eigenvalue weighted by Gasteiger charge is -2.29. The largest absolute Gasteiger partial charge is 0.573 e. The molecule has 1 amide bonds. The van der Waals surface area contributed by atoms with Gasteiger partial charge in [0.1, 0.15) is 10.6 Å². The van der Waals surface area contributed by atoms with Gasteiger partial charge in [-0.05, 0) is 56.9 Å². The third-order valence-electron chi connectivity index (χ3n) is 5.58. The van der Waals surface area contributed by atoms with Crippen molar-refractivity contribution in [3.63, 3.8) is 0 Å². The first-order valence-electron chi connectivity index (χ1n) is 10.6. The zero-order chi connectivity index (χ0) is 24.4. The number of aryl methyl sites for hydroxylation is 2. The van der Waals surface area contributed by atoms with E-state index in [-0.39, 0.29) is 29.5 Å². The van der Waals surface area contributed by atoms with E-state index < -0.39 is 16.4 Å². The zero-order valence-corrected chi connectivity index (χ0v) is 19.5. The maximum absolute atomic E-state index is 13.2. The van der Waals surface area contributed by atoms with Crippen molar-refractivity contribution < 1.29 is 31.1 Å². The molecule has 1 aliphatic heterocycles. The summed E-state index contributed by atoms with van der Waals surface area (Å²) in [6.07, 6.45) is -3.16. The van der Waals surface area contributed by atoms with Crippen LogP contribution in [0, 0.1) is 19.8 Å². The van der Waals surface area contributed by atoms with Crippen LogP contribution < -0.4 is 10.1 Å². The Bertz CT molecular complexity index is 1090. The average molecular weight is 489 g/mol. The van der Waals surface area contributed by atoms with E-state index in [9.17, 15) is 26.4 Å². The highest BCUT2D eigenvalue weighted by molar-refractivity contribution is 7.89. The summed E-state index contributed by atoms with van der Waals surface area (Å²) in [5, 5.41) is 6.90. The summed E-state index contributed by atoms with van der Waals surface area (Å²) in [7, 11) is -3.67. The summed E-state index contributed by atoms with van der Waals surface area (Å²) in [6.45, 7) is 6.50. The number of amides is 1. The number of carbonyl (C=O) groups excluding carboxylic acids is 1. The molecule has 1 aliphatic rings. The lowest BCUT2D eigenvalue weighted by Crippen LogP contribution is -2.38. The average Bonchev–Trinajstić information content (AvgIpc) is 3.01. The topological polar surface area (TPSA) is 93.5 Å². The number of ether oxygens (including phenoxy) is 1. The van der Waals surface area contributed by atoms with E-state index in [0.717, 1.165) is 25.0 Å². The van der Waals surface area contributed by atoms with Crippen LogP contribution in [0.5, 0.6) is 5.75 Å². The highest BCUT2D eigenvalue weighted by atomic mass is 32.2. The lowest BCUT2D eigenvalue weighted by molar-refractivity contribution is -0.274. The maximum atomic E-state index is 13.2. The molecular formula is C21H27F3N4O4S. The first kappa shape index (κ1) is 25.0. The Morgan fingerprint density at radius 2 is 1.79 bits per heavy atom. The predicted molar refractivity (Wildman–Crippen MR) is 115 cm³/mol. The Hall–Kier alpha value is -2.60. The minimum atomic E-state index is -4.79. The second-order valence-electron chi connectivity index (χ2n) is 8.18. The summed E-state index contributed by atoms with van der Waals surface area (Å²) >= 11 is 0. The highest BCUT2D eigenvalue weighted by Crippen LogP contribution is 2.28. The van der Waals surface area contributed by atoms with E-state index in [4.69, 9.17) is 0 Å². The van der Waals surface area contributed by atoms with Crippen LogP contribution in [0.2, 0.25) is 0 Å². The summed E-state index contributed by atoms with van der Waals surface area (Å²) in [5.41, 5.74) is 1.16. The minimum absolute atomic E-state index is 0.00345. The summed E-state index contributed by atoms with van der Waals surface area (Å²) in [5.74, 6) is -0.283. The maximum Gasteiger partial charge on any atom is 0.573 e. The third-order valence-corrected chi connectivity index (χ3v) is 7.73. The van der Waals surface area contributed by atoms with Gasteiger partial charge in [0, 0.05) is 25.2 Å². The molecular weight excluding hydrogens is 461 g/mol. The van der Waals surface area contributed by atoms with Crippen molar-refractivity contribution in [2.75, 3.05) is 18.4 Å². The molecule has 8 nitrogen and oxygen atoms in total. The molecule has 0 saturated carbocycles. The van der Waals surface area contributed by atoms with E-state index in [1.54, 1.807) is 13.8 Å². The molecule has 2 heterocycles. The summed E-state index contributed by atoms with van der Waals surface area (Å²) in [4.78, 5) is 12.5. The van der Waals surface area contributed by atoms with Gasteiger partial charge >= 0.3 is 6.36 Å². The molecule has 0 aliphatic carbocycles.